The first-order valence-corrected chi connectivity index (χ1v) is 5.56. The van der Waals surface area contributed by atoms with Gasteiger partial charge < -0.3 is 20.4 Å². The molecule has 0 spiro atoms. The first-order chi connectivity index (χ1) is 8.77. The minimum atomic E-state index is -1.79. The molecule has 1 heterocycles. The number of aromatic nitrogens is 1. The molecule has 0 aliphatic heterocycles. The second-order valence-electron chi connectivity index (χ2n) is 3.72. The standard InChI is InChI=1S/C8H11NO.C4H6O5/c1-3-7-8(10)5-4-6(2)9-7;5-2(4(8)9)1-3(6)7/h4-5,10H,3H2,1-2H3;2,5H,1H2,(H,6,7)(H,8,9). The summed E-state index contributed by atoms with van der Waals surface area (Å²) in [4.78, 5) is 23.6. The SMILES string of the molecule is CCc1nc(C)ccc1O.O=C(O)CC(O)C(=O)O. The van der Waals surface area contributed by atoms with Crippen molar-refractivity contribution in [3.05, 3.63) is 23.5 Å². The molecular formula is C12H17NO6. The smallest absolute Gasteiger partial charge is 0.333 e. The number of aromatic hydroxyl groups is 1. The summed E-state index contributed by atoms with van der Waals surface area (Å²) in [6.07, 6.45) is -1.76. The van der Waals surface area contributed by atoms with Gasteiger partial charge in [0.2, 0.25) is 0 Å². The number of aryl methyl sites for hydroxylation is 2. The van der Waals surface area contributed by atoms with Crippen LogP contribution in [0.4, 0.5) is 0 Å². The van der Waals surface area contributed by atoms with Crippen LogP contribution in [0.2, 0.25) is 0 Å². The average molecular weight is 271 g/mol. The number of hydrogen-bond donors (Lipinski definition) is 4. The van der Waals surface area contributed by atoms with Crippen molar-refractivity contribution in [1.29, 1.82) is 0 Å². The largest absolute Gasteiger partial charge is 0.506 e. The maximum Gasteiger partial charge on any atom is 0.333 e. The Labute approximate surface area is 110 Å². The number of carboxylic acids is 2. The van der Waals surface area contributed by atoms with Crippen molar-refractivity contribution < 1.29 is 30.0 Å². The van der Waals surface area contributed by atoms with Crippen molar-refractivity contribution in [2.24, 2.45) is 0 Å². The zero-order valence-corrected chi connectivity index (χ0v) is 10.7. The number of aliphatic hydroxyl groups excluding tert-OH is 1. The molecule has 7 nitrogen and oxygen atoms in total. The van der Waals surface area contributed by atoms with Crippen LogP contribution >= 0.6 is 0 Å². The third-order valence-electron chi connectivity index (χ3n) is 2.08. The molecule has 0 saturated heterocycles. The molecule has 1 aromatic rings. The van der Waals surface area contributed by atoms with E-state index in [1.807, 2.05) is 13.8 Å². The van der Waals surface area contributed by atoms with Crippen LogP contribution in [-0.2, 0) is 16.0 Å². The van der Waals surface area contributed by atoms with Gasteiger partial charge in [0.15, 0.2) is 6.10 Å². The molecule has 0 bridgehead atoms. The fourth-order valence-electron chi connectivity index (χ4n) is 1.12. The summed E-state index contributed by atoms with van der Waals surface area (Å²) < 4.78 is 0. The van der Waals surface area contributed by atoms with Crippen LogP contribution in [0.15, 0.2) is 12.1 Å². The van der Waals surface area contributed by atoms with Crippen molar-refractivity contribution in [3.8, 4) is 5.75 Å². The topological polar surface area (TPSA) is 128 Å². The predicted molar refractivity (Wildman–Crippen MR) is 65.9 cm³/mol. The Morgan fingerprint density at radius 2 is 1.89 bits per heavy atom. The normalized spacial score (nSPS) is 11.1. The van der Waals surface area contributed by atoms with E-state index in [4.69, 9.17) is 15.3 Å². The lowest BCUT2D eigenvalue weighted by Crippen LogP contribution is -2.22. The summed E-state index contributed by atoms with van der Waals surface area (Å²) in [6.45, 7) is 3.89. The quantitative estimate of drug-likeness (QED) is 0.630. The van der Waals surface area contributed by atoms with Crippen LogP contribution in [0.25, 0.3) is 0 Å². The zero-order chi connectivity index (χ0) is 15.0. The molecular weight excluding hydrogens is 254 g/mol. The Balaban J connectivity index is 0.000000344. The van der Waals surface area contributed by atoms with Crippen molar-refractivity contribution in [1.82, 2.24) is 4.98 Å². The van der Waals surface area contributed by atoms with Crippen LogP contribution < -0.4 is 0 Å². The van der Waals surface area contributed by atoms with E-state index < -0.39 is 24.5 Å². The fourth-order valence-corrected chi connectivity index (χ4v) is 1.12. The number of aliphatic hydroxyl groups is 1. The maximum atomic E-state index is 9.72. The van der Waals surface area contributed by atoms with Crippen molar-refractivity contribution in [2.75, 3.05) is 0 Å². The Kier molecular flexibility index (Phi) is 7.13. The third-order valence-corrected chi connectivity index (χ3v) is 2.08. The second-order valence-corrected chi connectivity index (χ2v) is 3.72. The van der Waals surface area contributed by atoms with E-state index in [0.717, 1.165) is 17.8 Å². The van der Waals surface area contributed by atoms with Gasteiger partial charge in [-0.1, -0.05) is 6.92 Å². The highest BCUT2D eigenvalue weighted by atomic mass is 16.4. The molecule has 0 aromatic carbocycles. The molecule has 106 valence electrons. The van der Waals surface area contributed by atoms with Crippen molar-refractivity contribution in [3.63, 3.8) is 0 Å². The van der Waals surface area contributed by atoms with E-state index in [2.05, 4.69) is 4.98 Å². The molecule has 7 heteroatoms. The minimum Gasteiger partial charge on any atom is -0.506 e. The fraction of sp³-hybridized carbons (Fsp3) is 0.417. The predicted octanol–water partition coefficient (Wildman–Crippen LogP) is 0.565. The Bertz CT molecular complexity index is 446. The lowest BCUT2D eigenvalue weighted by atomic mass is 10.2. The Morgan fingerprint density at radius 1 is 1.32 bits per heavy atom. The first-order valence-electron chi connectivity index (χ1n) is 5.56. The number of carboxylic acid groups (broad SMARTS) is 2. The van der Waals surface area contributed by atoms with Gasteiger partial charge in [0.05, 0.1) is 12.1 Å². The van der Waals surface area contributed by atoms with E-state index in [1.165, 1.54) is 0 Å². The van der Waals surface area contributed by atoms with E-state index in [-0.39, 0.29) is 0 Å². The highest BCUT2D eigenvalue weighted by molar-refractivity contribution is 5.79. The Morgan fingerprint density at radius 3 is 2.21 bits per heavy atom. The number of pyridine rings is 1. The molecule has 1 rings (SSSR count). The lowest BCUT2D eigenvalue weighted by molar-refractivity contribution is -0.152. The molecule has 19 heavy (non-hydrogen) atoms. The molecule has 0 fully saturated rings. The average Bonchev–Trinajstić information content (AvgIpc) is 2.32. The van der Waals surface area contributed by atoms with Gasteiger partial charge in [-0.2, -0.15) is 0 Å². The zero-order valence-electron chi connectivity index (χ0n) is 10.7. The molecule has 0 saturated carbocycles. The van der Waals surface area contributed by atoms with Crippen LogP contribution in [0.5, 0.6) is 5.75 Å². The highest BCUT2D eigenvalue weighted by Gasteiger charge is 2.16. The van der Waals surface area contributed by atoms with E-state index in [1.54, 1.807) is 12.1 Å². The van der Waals surface area contributed by atoms with Crippen LogP contribution in [0, 0.1) is 6.92 Å². The maximum absolute atomic E-state index is 9.72. The van der Waals surface area contributed by atoms with E-state index in [9.17, 15) is 14.7 Å². The van der Waals surface area contributed by atoms with Gasteiger partial charge in [-0.05, 0) is 25.5 Å². The summed E-state index contributed by atoms with van der Waals surface area (Å²) in [7, 11) is 0. The second kappa shape index (κ2) is 8.04. The van der Waals surface area contributed by atoms with Crippen molar-refractivity contribution in [2.45, 2.75) is 32.8 Å². The van der Waals surface area contributed by atoms with E-state index >= 15 is 0 Å². The molecule has 0 amide bonds. The minimum absolute atomic E-state index is 0.299. The summed E-state index contributed by atoms with van der Waals surface area (Å²) in [5.41, 5.74) is 1.73. The number of carbonyl (C=O) groups is 2. The number of aliphatic carboxylic acids is 2. The molecule has 1 unspecified atom stereocenters. The molecule has 0 aliphatic rings. The van der Waals surface area contributed by atoms with Gasteiger partial charge in [0, 0.05) is 5.69 Å². The van der Waals surface area contributed by atoms with Crippen LogP contribution in [0.1, 0.15) is 24.7 Å². The summed E-state index contributed by atoms with van der Waals surface area (Å²) in [5.74, 6) is -2.55. The van der Waals surface area contributed by atoms with Gasteiger partial charge in [-0.3, -0.25) is 9.78 Å². The number of hydrogen-bond acceptors (Lipinski definition) is 5. The molecule has 1 atom stereocenters. The third kappa shape index (κ3) is 6.99. The molecule has 0 radical (unpaired) electrons. The Hall–Kier alpha value is -2.15. The number of nitrogens with zero attached hydrogens (tertiary/aromatic N) is 1. The highest BCUT2D eigenvalue weighted by Crippen LogP contribution is 2.14. The van der Waals surface area contributed by atoms with Gasteiger partial charge in [0.1, 0.15) is 5.75 Å². The summed E-state index contributed by atoms with van der Waals surface area (Å²) in [6, 6.07) is 3.48. The number of rotatable bonds is 4. The molecule has 1 aromatic heterocycles. The van der Waals surface area contributed by atoms with Gasteiger partial charge >= 0.3 is 11.9 Å². The molecule has 0 aliphatic carbocycles. The van der Waals surface area contributed by atoms with Crippen molar-refractivity contribution >= 4 is 11.9 Å². The first kappa shape index (κ1) is 16.9. The summed E-state index contributed by atoms with van der Waals surface area (Å²) in [5, 5.41) is 33.3. The van der Waals surface area contributed by atoms with Gasteiger partial charge in [0.25, 0.3) is 0 Å². The monoisotopic (exact) mass is 271 g/mol. The molecule has 4 N–H and O–H groups in total. The lowest BCUT2D eigenvalue weighted by Gasteiger charge is -1.99. The van der Waals surface area contributed by atoms with Gasteiger partial charge in [-0.25, -0.2) is 4.79 Å². The summed E-state index contributed by atoms with van der Waals surface area (Å²) >= 11 is 0. The van der Waals surface area contributed by atoms with Gasteiger partial charge in [-0.15, -0.1) is 0 Å². The van der Waals surface area contributed by atoms with Crippen LogP contribution in [-0.4, -0.2) is 43.5 Å². The van der Waals surface area contributed by atoms with Crippen LogP contribution in [0.3, 0.4) is 0 Å². The van der Waals surface area contributed by atoms with E-state index in [0.29, 0.717) is 5.75 Å².